The standard InChI is InChI=1S/C23H38N6O5P/c1-7-15(8-2)35(32)34-23(9-3,10-4)11-16-18(30)19(31)22(33-16)29-13-28-14(5)26-27(6)20-17(28)21(29)25-12-24-20/h12-13,15-16,18-19,22,30-31,35H,7-11H2,1-6H3/q+1/t16-,18-,19-,22?/m1/s1. The second-order valence-corrected chi connectivity index (χ2v) is 11.2. The first-order valence-electron chi connectivity index (χ1n) is 12.5. The molecule has 2 N–H and O–H groups in total. The minimum Gasteiger partial charge on any atom is -0.387 e. The minimum absolute atomic E-state index is 0.0262. The van der Waals surface area contributed by atoms with E-state index in [1.807, 2.05) is 46.2 Å². The van der Waals surface area contributed by atoms with Gasteiger partial charge in [0, 0.05) is 26.1 Å². The highest BCUT2D eigenvalue weighted by Gasteiger charge is 2.50. The summed E-state index contributed by atoms with van der Waals surface area (Å²) in [7, 11) is -0.462. The highest BCUT2D eigenvalue weighted by molar-refractivity contribution is 7.40. The van der Waals surface area contributed by atoms with Crippen LogP contribution in [0.4, 0.5) is 5.82 Å². The van der Waals surface area contributed by atoms with E-state index in [2.05, 4.69) is 15.1 Å². The van der Waals surface area contributed by atoms with E-state index in [4.69, 9.17) is 9.26 Å². The third-order valence-electron chi connectivity index (χ3n) is 7.57. The summed E-state index contributed by atoms with van der Waals surface area (Å²) in [6.07, 6.45) is 2.52. The maximum Gasteiger partial charge on any atom is 0.264 e. The molecule has 2 aromatic heterocycles. The molecule has 0 aromatic carbocycles. The molecule has 0 saturated carbocycles. The van der Waals surface area contributed by atoms with Crippen molar-refractivity contribution in [3.63, 3.8) is 0 Å². The van der Waals surface area contributed by atoms with Gasteiger partial charge >= 0.3 is 0 Å². The predicted octanol–water partition coefficient (Wildman–Crippen LogP) is 2.60. The maximum absolute atomic E-state index is 13.0. The summed E-state index contributed by atoms with van der Waals surface area (Å²) in [5, 5.41) is 28.2. The van der Waals surface area contributed by atoms with Crippen molar-refractivity contribution in [3.8, 4) is 0 Å². The monoisotopic (exact) mass is 509 g/mol. The highest BCUT2D eigenvalue weighted by atomic mass is 31.1. The van der Waals surface area contributed by atoms with Crippen molar-refractivity contribution in [2.75, 3.05) is 12.1 Å². The number of nitrogens with zero attached hydrogens (tertiary/aromatic N) is 6. The van der Waals surface area contributed by atoms with Crippen LogP contribution in [0.5, 0.6) is 0 Å². The summed E-state index contributed by atoms with van der Waals surface area (Å²) in [4.78, 5) is 8.79. The molecule has 35 heavy (non-hydrogen) atoms. The second-order valence-electron chi connectivity index (χ2n) is 9.51. The Morgan fingerprint density at radius 1 is 1.20 bits per heavy atom. The normalized spacial score (nSPS) is 25.5. The van der Waals surface area contributed by atoms with Crippen molar-refractivity contribution in [1.29, 1.82) is 0 Å². The Hall–Kier alpha value is -1.91. The molecule has 2 unspecified atom stereocenters. The van der Waals surface area contributed by atoms with Crippen molar-refractivity contribution in [2.24, 2.45) is 5.10 Å². The van der Waals surface area contributed by atoms with Gasteiger partial charge in [-0.3, -0.25) is 4.57 Å². The number of aliphatic hydroxyl groups excluding tert-OH is 2. The zero-order valence-corrected chi connectivity index (χ0v) is 22.4. The lowest BCUT2D eigenvalue weighted by Gasteiger charge is -2.35. The molecule has 2 aliphatic rings. The van der Waals surface area contributed by atoms with Crippen molar-refractivity contribution in [3.05, 3.63) is 12.7 Å². The predicted molar refractivity (Wildman–Crippen MR) is 133 cm³/mol. The van der Waals surface area contributed by atoms with E-state index in [1.165, 1.54) is 6.33 Å². The van der Waals surface area contributed by atoms with Crippen LogP contribution in [-0.2, 0) is 13.8 Å². The molecule has 0 amide bonds. The Morgan fingerprint density at radius 2 is 1.89 bits per heavy atom. The van der Waals surface area contributed by atoms with Gasteiger partial charge in [-0.2, -0.15) is 9.58 Å². The molecule has 5 atom stereocenters. The van der Waals surface area contributed by atoms with Gasteiger partial charge in [0.15, 0.2) is 14.4 Å². The summed E-state index contributed by atoms with van der Waals surface area (Å²) in [6, 6.07) is 0. The second kappa shape index (κ2) is 10.2. The molecular formula is C23H38N6O5P+. The number of ether oxygens (including phenoxy) is 1. The van der Waals surface area contributed by atoms with E-state index in [9.17, 15) is 14.8 Å². The van der Waals surface area contributed by atoms with Crippen LogP contribution in [0.1, 0.15) is 73.0 Å². The largest absolute Gasteiger partial charge is 0.387 e. The summed E-state index contributed by atoms with van der Waals surface area (Å²) in [5.74, 6) is 1.36. The zero-order valence-electron chi connectivity index (χ0n) is 21.4. The van der Waals surface area contributed by atoms with Crippen LogP contribution in [0.3, 0.4) is 0 Å². The average Bonchev–Trinajstić information content (AvgIpc) is 3.36. The van der Waals surface area contributed by atoms with E-state index in [-0.39, 0.29) is 5.66 Å². The van der Waals surface area contributed by atoms with Gasteiger partial charge in [0.1, 0.15) is 18.5 Å². The summed E-state index contributed by atoms with van der Waals surface area (Å²) < 4.78 is 29.1. The quantitative estimate of drug-likeness (QED) is 0.370. The van der Waals surface area contributed by atoms with Crippen molar-refractivity contribution < 1.29 is 28.6 Å². The SMILES string of the molecule is CCC(CC)[PH](=O)OC(CC)(CC)C[C@H]1OC(n2c[n+]3c4c(ncnc42)N(C)N=C3C)[C@H](O)[C@@H]1O. The van der Waals surface area contributed by atoms with Gasteiger partial charge < -0.3 is 19.5 Å². The lowest BCUT2D eigenvalue weighted by atomic mass is 9.88. The van der Waals surface area contributed by atoms with Crippen LogP contribution in [0, 0.1) is 0 Å². The van der Waals surface area contributed by atoms with Gasteiger partial charge in [-0.05, 0) is 30.8 Å². The van der Waals surface area contributed by atoms with Crippen LogP contribution >= 0.6 is 8.03 Å². The van der Waals surface area contributed by atoms with Crippen molar-refractivity contribution >= 4 is 30.8 Å². The lowest BCUT2D eigenvalue weighted by Crippen LogP contribution is -2.45. The first-order valence-corrected chi connectivity index (χ1v) is 13.9. The number of anilines is 1. The Balaban J connectivity index is 1.63. The highest BCUT2D eigenvalue weighted by Crippen LogP contribution is 2.45. The number of hydrazone groups is 1. The molecule has 4 heterocycles. The summed E-state index contributed by atoms with van der Waals surface area (Å²) >= 11 is 0. The van der Waals surface area contributed by atoms with Gasteiger partial charge in [0.25, 0.3) is 5.84 Å². The topological polar surface area (TPSA) is 126 Å². The molecule has 0 aliphatic carbocycles. The fraction of sp³-hybridized carbons (Fsp3) is 0.739. The van der Waals surface area contributed by atoms with Gasteiger partial charge in [0.2, 0.25) is 23.2 Å². The third kappa shape index (κ3) is 4.53. The van der Waals surface area contributed by atoms with Crippen molar-refractivity contribution in [2.45, 2.75) is 103 Å². The molecule has 1 fully saturated rings. The number of aromatic nitrogens is 4. The number of aliphatic hydroxyl groups is 2. The van der Waals surface area contributed by atoms with Crippen LogP contribution in [0.2, 0.25) is 0 Å². The first-order chi connectivity index (χ1) is 16.7. The third-order valence-corrected chi connectivity index (χ3v) is 9.69. The molecular weight excluding hydrogens is 471 g/mol. The van der Waals surface area contributed by atoms with Gasteiger partial charge in [-0.25, -0.2) is 14.5 Å². The lowest BCUT2D eigenvalue weighted by molar-refractivity contribution is -0.529. The molecule has 1 saturated heterocycles. The summed E-state index contributed by atoms with van der Waals surface area (Å²) in [5.41, 5.74) is 0.639. The Kier molecular flexibility index (Phi) is 7.64. The molecule has 0 spiro atoms. The van der Waals surface area contributed by atoms with E-state index in [1.54, 1.807) is 15.9 Å². The van der Waals surface area contributed by atoms with Gasteiger partial charge in [-0.1, -0.05) is 27.7 Å². The van der Waals surface area contributed by atoms with Crippen LogP contribution in [-0.4, -0.2) is 67.2 Å². The molecule has 0 radical (unpaired) electrons. The summed E-state index contributed by atoms with van der Waals surface area (Å²) in [6.45, 7) is 9.91. The fourth-order valence-corrected chi connectivity index (χ4v) is 6.75. The van der Waals surface area contributed by atoms with Crippen LogP contribution in [0.25, 0.3) is 11.2 Å². The van der Waals surface area contributed by atoms with E-state index >= 15 is 0 Å². The molecule has 12 heteroatoms. The smallest absolute Gasteiger partial charge is 0.264 e. The number of hydrogen-bond donors (Lipinski definition) is 2. The van der Waals surface area contributed by atoms with E-state index in [0.717, 1.165) is 24.2 Å². The molecule has 4 rings (SSSR count). The van der Waals surface area contributed by atoms with E-state index < -0.39 is 38.2 Å². The molecule has 0 bridgehead atoms. The molecule has 11 nitrogen and oxygen atoms in total. The Labute approximate surface area is 206 Å². The molecule has 2 aromatic rings. The minimum atomic E-state index is -2.28. The Bertz CT molecular complexity index is 1120. The zero-order chi connectivity index (χ0) is 25.5. The van der Waals surface area contributed by atoms with Crippen LogP contribution in [0.15, 0.2) is 17.8 Å². The van der Waals surface area contributed by atoms with E-state index in [0.29, 0.717) is 30.7 Å². The van der Waals surface area contributed by atoms with Gasteiger partial charge in [-0.15, -0.1) is 0 Å². The van der Waals surface area contributed by atoms with Crippen molar-refractivity contribution in [1.82, 2.24) is 14.5 Å². The van der Waals surface area contributed by atoms with Crippen LogP contribution < -0.4 is 9.58 Å². The Morgan fingerprint density at radius 3 is 2.51 bits per heavy atom. The number of imidazole rings is 1. The molecule has 2 aliphatic heterocycles. The van der Waals surface area contributed by atoms with Gasteiger partial charge in [0.05, 0.1) is 11.7 Å². The first kappa shape index (κ1) is 26.2. The fourth-order valence-electron chi connectivity index (χ4n) is 5.12. The number of hydrogen-bond acceptors (Lipinski definition) is 9. The maximum atomic E-state index is 13.0. The number of rotatable bonds is 10. The average molecular weight is 510 g/mol. The molecule has 194 valence electrons.